The molecule has 3 nitrogen and oxygen atoms in total. The molecule has 2 aliphatic rings. The molecule has 2 aliphatic heterocycles. The molecule has 0 fully saturated rings. The number of aryl methyl sites for hydroxylation is 1. The number of nitrogens with zero attached hydrogens (tertiary/aromatic N) is 3. The van der Waals surface area contributed by atoms with E-state index in [1.165, 1.54) is 115 Å². The third-order valence-corrected chi connectivity index (χ3v) is 15.4. The zero-order valence-corrected chi connectivity index (χ0v) is 39.1. The molecular weight excluding hydrogens is 858 g/mol. The van der Waals surface area contributed by atoms with Crippen molar-refractivity contribution >= 4 is 106 Å². The van der Waals surface area contributed by atoms with Gasteiger partial charge in [0.25, 0.3) is 0 Å². The fourth-order valence-electron chi connectivity index (χ4n) is 12.3. The summed E-state index contributed by atoms with van der Waals surface area (Å²) >= 11 is 0. The van der Waals surface area contributed by atoms with Crippen molar-refractivity contribution < 1.29 is 0 Å². The molecule has 4 heteroatoms. The molecule has 0 unspecified atom stereocenters. The first-order valence-electron chi connectivity index (χ1n) is 24.7. The highest BCUT2D eigenvalue weighted by Crippen LogP contribution is 2.52. The molecular formula is C67H44BN3. The van der Waals surface area contributed by atoms with Crippen molar-refractivity contribution in [1.29, 1.82) is 0 Å². The van der Waals surface area contributed by atoms with Crippen LogP contribution in [0.5, 0.6) is 0 Å². The van der Waals surface area contributed by atoms with E-state index in [1.54, 1.807) is 0 Å². The molecule has 1 aromatic heterocycles. The molecule has 0 radical (unpaired) electrons. The van der Waals surface area contributed by atoms with Gasteiger partial charge in [-0.15, -0.1) is 0 Å². The summed E-state index contributed by atoms with van der Waals surface area (Å²) in [6.45, 7) is 2.23. The lowest BCUT2D eigenvalue weighted by Gasteiger charge is -2.43. The van der Waals surface area contributed by atoms with Gasteiger partial charge in [-0.25, -0.2) is 0 Å². The number of hydrogen-bond acceptors (Lipinski definition) is 2. The van der Waals surface area contributed by atoms with Crippen molar-refractivity contribution in [2.45, 2.75) is 6.92 Å². The molecule has 3 heterocycles. The summed E-state index contributed by atoms with van der Waals surface area (Å²) in [5, 5.41) is 10.1. The highest BCUT2D eigenvalue weighted by molar-refractivity contribution is 6.90. The summed E-state index contributed by atoms with van der Waals surface area (Å²) in [5.74, 6) is 0. The third kappa shape index (κ3) is 5.98. The molecule has 0 bridgehead atoms. The van der Waals surface area contributed by atoms with E-state index in [0.717, 1.165) is 22.7 Å². The van der Waals surface area contributed by atoms with Crippen LogP contribution in [0.25, 0.3) is 87.5 Å². The van der Waals surface area contributed by atoms with E-state index >= 15 is 0 Å². The Labute approximate surface area is 412 Å². The van der Waals surface area contributed by atoms with Gasteiger partial charge in [0.1, 0.15) is 0 Å². The maximum atomic E-state index is 2.71. The molecule has 15 rings (SSSR count). The van der Waals surface area contributed by atoms with Crippen LogP contribution in [-0.4, -0.2) is 11.3 Å². The maximum absolute atomic E-state index is 2.71. The van der Waals surface area contributed by atoms with E-state index < -0.39 is 0 Å². The minimum Gasteiger partial charge on any atom is -0.375 e. The molecule has 0 saturated heterocycles. The summed E-state index contributed by atoms with van der Waals surface area (Å²) in [5.41, 5.74) is 20.4. The van der Waals surface area contributed by atoms with E-state index in [9.17, 15) is 0 Å². The number of aromatic nitrogens is 1. The predicted molar refractivity (Wildman–Crippen MR) is 303 cm³/mol. The van der Waals surface area contributed by atoms with Gasteiger partial charge in [0.15, 0.2) is 0 Å². The van der Waals surface area contributed by atoms with Crippen LogP contribution in [0.2, 0.25) is 0 Å². The van der Waals surface area contributed by atoms with Crippen molar-refractivity contribution in [3.05, 3.63) is 254 Å². The zero-order chi connectivity index (χ0) is 46.7. The molecule has 0 amide bonds. The zero-order valence-electron chi connectivity index (χ0n) is 39.1. The standard InChI is InChI=1S/C67H44BN3/c1-43-58-38-47-25-15-14-24-46(47)34-51(58)40-61-66(43)70(54-36-49(44-20-6-2-7-21-44)35-50(37-54)45-22-8-3-9-23-45)63-42-55(69(52-27-10-4-11-28-52)53-29-12-5-13-30-53)41-59-60-39-48-26-16-17-31-56(48)64-57-32-18-19-33-62(57)71(67(60)64)68(61)65(59)63/h2-42H,1H3. The van der Waals surface area contributed by atoms with Crippen LogP contribution in [0.1, 0.15) is 5.56 Å². The van der Waals surface area contributed by atoms with E-state index in [0.29, 0.717) is 0 Å². The normalized spacial score (nSPS) is 12.5. The van der Waals surface area contributed by atoms with Gasteiger partial charge in [0.05, 0.1) is 0 Å². The van der Waals surface area contributed by atoms with Gasteiger partial charge >= 0.3 is 6.85 Å². The molecule has 71 heavy (non-hydrogen) atoms. The highest BCUT2D eigenvalue weighted by Gasteiger charge is 2.44. The molecule has 0 saturated carbocycles. The van der Waals surface area contributed by atoms with Gasteiger partial charge in [-0.1, -0.05) is 170 Å². The summed E-state index contributed by atoms with van der Waals surface area (Å²) < 4.78 is 2.71. The highest BCUT2D eigenvalue weighted by atomic mass is 15.2. The first kappa shape index (κ1) is 39.8. The summed E-state index contributed by atoms with van der Waals surface area (Å²) in [7, 11) is 0. The number of rotatable bonds is 6. The van der Waals surface area contributed by atoms with Gasteiger partial charge in [-0.2, -0.15) is 0 Å². The Morgan fingerprint density at radius 1 is 0.394 bits per heavy atom. The van der Waals surface area contributed by atoms with E-state index in [2.05, 4.69) is 270 Å². The van der Waals surface area contributed by atoms with Crippen molar-refractivity contribution in [2.75, 3.05) is 9.80 Å². The summed E-state index contributed by atoms with van der Waals surface area (Å²) in [6.07, 6.45) is 0. The molecule has 12 aromatic carbocycles. The van der Waals surface area contributed by atoms with Crippen LogP contribution in [-0.2, 0) is 0 Å². The lowest BCUT2D eigenvalue weighted by molar-refractivity contribution is 1.22. The Balaban J connectivity index is 1.15. The van der Waals surface area contributed by atoms with Crippen LogP contribution in [0.4, 0.5) is 34.1 Å². The summed E-state index contributed by atoms with van der Waals surface area (Å²) in [4.78, 5) is 5.08. The maximum Gasteiger partial charge on any atom is 0.333 e. The SMILES string of the molecule is Cc1c2c(cc3cc4ccccc4cc13)B1c3c(cc(N(c4ccccc4)c4ccccc4)cc3N2c2cc(-c3ccccc3)cc(-c3ccccc3)c2)-c2cc3ccccc3c3c4ccccc4n1c23. The van der Waals surface area contributed by atoms with Crippen molar-refractivity contribution in [2.24, 2.45) is 0 Å². The Morgan fingerprint density at radius 3 is 1.62 bits per heavy atom. The fourth-order valence-corrected chi connectivity index (χ4v) is 12.3. The van der Waals surface area contributed by atoms with Crippen LogP contribution in [0, 0.1) is 6.92 Å². The van der Waals surface area contributed by atoms with Gasteiger partial charge in [-0.3, -0.25) is 0 Å². The van der Waals surface area contributed by atoms with Crippen LogP contribution in [0.3, 0.4) is 0 Å². The lowest BCUT2D eigenvalue weighted by atomic mass is 9.44. The minimum absolute atomic E-state index is 0.140. The first-order valence-corrected chi connectivity index (χ1v) is 24.7. The largest absolute Gasteiger partial charge is 0.375 e. The average Bonchev–Trinajstić information content (AvgIpc) is 3.78. The molecule has 13 aromatic rings. The Hall–Kier alpha value is -9.12. The average molecular weight is 902 g/mol. The topological polar surface area (TPSA) is 11.4 Å². The monoisotopic (exact) mass is 901 g/mol. The first-order chi connectivity index (χ1) is 35.1. The Bertz CT molecular complexity index is 4200. The van der Waals surface area contributed by atoms with Crippen LogP contribution < -0.4 is 20.7 Å². The molecule has 330 valence electrons. The second-order valence-electron chi connectivity index (χ2n) is 19.3. The number of para-hydroxylation sites is 3. The van der Waals surface area contributed by atoms with Crippen LogP contribution >= 0.6 is 0 Å². The molecule has 0 N–H and O–H groups in total. The Kier molecular flexibility index (Phi) is 8.67. The van der Waals surface area contributed by atoms with Gasteiger partial charge < -0.3 is 14.3 Å². The fraction of sp³-hybridized carbons (Fsp3) is 0.0149. The van der Waals surface area contributed by atoms with Gasteiger partial charge in [-0.05, 0) is 162 Å². The third-order valence-electron chi connectivity index (χ3n) is 15.4. The van der Waals surface area contributed by atoms with Crippen LogP contribution in [0.15, 0.2) is 249 Å². The second kappa shape index (κ2) is 15.4. The number of anilines is 6. The van der Waals surface area contributed by atoms with Gasteiger partial charge in [0, 0.05) is 61.5 Å². The van der Waals surface area contributed by atoms with Gasteiger partial charge in [0.2, 0.25) is 0 Å². The quantitative estimate of drug-likeness (QED) is 0.122. The molecule has 0 aliphatic carbocycles. The number of fused-ring (bicyclic) bond motifs is 11. The second-order valence-corrected chi connectivity index (χ2v) is 19.3. The minimum atomic E-state index is -0.140. The van der Waals surface area contributed by atoms with Crippen molar-refractivity contribution in [3.8, 4) is 33.4 Å². The number of hydrogen-bond donors (Lipinski definition) is 0. The van der Waals surface area contributed by atoms with Crippen molar-refractivity contribution in [1.82, 2.24) is 4.48 Å². The smallest absolute Gasteiger partial charge is 0.333 e. The van der Waals surface area contributed by atoms with E-state index in [4.69, 9.17) is 0 Å². The molecule has 0 atom stereocenters. The molecule has 0 spiro atoms. The van der Waals surface area contributed by atoms with E-state index in [1.807, 2.05) is 0 Å². The Morgan fingerprint density at radius 2 is 0.958 bits per heavy atom. The van der Waals surface area contributed by atoms with E-state index in [-0.39, 0.29) is 6.85 Å². The van der Waals surface area contributed by atoms with Crippen molar-refractivity contribution in [3.63, 3.8) is 0 Å². The lowest BCUT2D eigenvalue weighted by Crippen LogP contribution is -2.57. The number of benzene rings is 12. The predicted octanol–water partition coefficient (Wildman–Crippen LogP) is 16.8. The summed E-state index contributed by atoms with van der Waals surface area (Å²) in [6, 6.07) is 92.5.